The fraction of sp³-hybridized carbons (Fsp3) is 1.00. The Hall–Kier alpha value is -0.0400. The highest BCUT2D eigenvalue weighted by atomic mass is 15.0. The molecule has 1 saturated heterocycles. The molecule has 3 atom stereocenters. The molecule has 11 heavy (non-hydrogen) atoms. The van der Waals surface area contributed by atoms with E-state index in [2.05, 4.69) is 19.2 Å². The first-order chi connectivity index (χ1) is 5.20. The van der Waals surface area contributed by atoms with E-state index in [1.165, 1.54) is 32.2 Å². The second-order valence-corrected chi connectivity index (χ2v) is 4.78. The van der Waals surface area contributed by atoms with Crippen LogP contribution in [0.25, 0.3) is 0 Å². The van der Waals surface area contributed by atoms with Gasteiger partial charge in [-0.3, -0.25) is 0 Å². The minimum absolute atomic E-state index is 0.509. The highest BCUT2D eigenvalue weighted by molar-refractivity contribution is 4.96. The first kappa shape index (κ1) is 7.60. The molecule has 2 rings (SSSR count). The number of fused-ring (bicyclic) bond motifs is 2. The Morgan fingerprint density at radius 3 is 3.09 bits per heavy atom. The van der Waals surface area contributed by atoms with E-state index in [-0.39, 0.29) is 0 Å². The quantitative estimate of drug-likeness (QED) is 0.562. The van der Waals surface area contributed by atoms with Gasteiger partial charge >= 0.3 is 0 Å². The number of nitrogens with one attached hydrogen (secondary N) is 1. The normalized spacial score (nSPS) is 50.7. The zero-order chi connectivity index (χ0) is 7.90. The van der Waals surface area contributed by atoms with Crippen molar-refractivity contribution in [3.05, 3.63) is 0 Å². The summed E-state index contributed by atoms with van der Waals surface area (Å²) in [6.45, 7) is 6.09. The van der Waals surface area contributed by atoms with Crippen LogP contribution in [0.2, 0.25) is 0 Å². The van der Waals surface area contributed by atoms with Crippen LogP contribution in [0.5, 0.6) is 0 Å². The minimum Gasteiger partial charge on any atom is -0.311 e. The lowest BCUT2D eigenvalue weighted by Crippen LogP contribution is -2.36. The van der Waals surface area contributed by atoms with Crippen molar-refractivity contribution in [1.29, 1.82) is 0 Å². The standard InChI is InChI=1S/C10H19N/c1-8-4-3-5-10(2)6-9(8)7-11-10/h8-9,11H,3-7H2,1-2H3. The molecule has 64 valence electrons. The molecule has 1 aliphatic heterocycles. The molecule has 0 spiro atoms. The Morgan fingerprint density at radius 2 is 2.27 bits per heavy atom. The van der Waals surface area contributed by atoms with Gasteiger partial charge in [0.15, 0.2) is 0 Å². The van der Waals surface area contributed by atoms with E-state index < -0.39 is 0 Å². The summed E-state index contributed by atoms with van der Waals surface area (Å²) in [6, 6.07) is 0. The Balaban J connectivity index is 2.12. The van der Waals surface area contributed by atoms with E-state index in [4.69, 9.17) is 0 Å². The fourth-order valence-corrected chi connectivity index (χ4v) is 2.74. The molecule has 2 aliphatic rings. The van der Waals surface area contributed by atoms with Gasteiger partial charge in [-0.15, -0.1) is 0 Å². The lowest BCUT2D eigenvalue weighted by molar-refractivity contribution is 0.363. The van der Waals surface area contributed by atoms with Crippen molar-refractivity contribution < 1.29 is 0 Å². The van der Waals surface area contributed by atoms with Crippen molar-refractivity contribution in [2.75, 3.05) is 6.54 Å². The predicted octanol–water partition coefficient (Wildman–Crippen LogP) is 2.17. The van der Waals surface area contributed by atoms with Crippen LogP contribution in [0, 0.1) is 11.8 Å². The van der Waals surface area contributed by atoms with Gasteiger partial charge in [-0.1, -0.05) is 19.8 Å². The van der Waals surface area contributed by atoms with E-state index in [0.29, 0.717) is 5.54 Å². The fourth-order valence-electron chi connectivity index (χ4n) is 2.74. The average Bonchev–Trinajstić information content (AvgIpc) is 2.25. The summed E-state index contributed by atoms with van der Waals surface area (Å²) in [5.74, 6) is 1.94. The molecule has 0 aromatic heterocycles. The van der Waals surface area contributed by atoms with Gasteiger partial charge in [-0.25, -0.2) is 0 Å². The van der Waals surface area contributed by atoms with Gasteiger partial charge in [-0.2, -0.15) is 0 Å². The second kappa shape index (κ2) is 2.48. The minimum atomic E-state index is 0.509. The lowest BCUT2D eigenvalue weighted by Gasteiger charge is -2.23. The molecule has 0 aromatic rings. The molecule has 1 nitrogen and oxygen atoms in total. The highest BCUT2D eigenvalue weighted by Crippen LogP contribution is 2.38. The molecule has 2 fully saturated rings. The SMILES string of the molecule is CC1CCCC2(C)CC1CN2. The Kier molecular flexibility index (Phi) is 1.71. The Bertz CT molecular complexity index is 155. The molecular formula is C10H19N. The smallest absolute Gasteiger partial charge is 0.0156 e. The predicted molar refractivity (Wildman–Crippen MR) is 47.5 cm³/mol. The molecule has 0 radical (unpaired) electrons. The van der Waals surface area contributed by atoms with Crippen molar-refractivity contribution in [1.82, 2.24) is 5.32 Å². The molecule has 0 amide bonds. The molecule has 2 bridgehead atoms. The largest absolute Gasteiger partial charge is 0.311 e. The van der Waals surface area contributed by atoms with Crippen molar-refractivity contribution in [3.8, 4) is 0 Å². The molecule has 3 unspecified atom stereocenters. The van der Waals surface area contributed by atoms with Gasteiger partial charge in [-0.05, 0) is 38.1 Å². The molecule has 1 aliphatic carbocycles. The molecule has 1 N–H and O–H groups in total. The van der Waals surface area contributed by atoms with Gasteiger partial charge in [0.2, 0.25) is 0 Å². The third kappa shape index (κ3) is 1.31. The van der Waals surface area contributed by atoms with Crippen LogP contribution in [0.4, 0.5) is 0 Å². The Morgan fingerprint density at radius 1 is 1.45 bits per heavy atom. The summed E-state index contributed by atoms with van der Waals surface area (Å²) in [4.78, 5) is 0. The van der Waals surface area contributed by atoms with E-state index in [9.17, 15) is 0 Å². The average molecular weight is 153 g/mol. The van der Waals surface area contributed by atoms with Gasteiger partial charge in [0, 0.05) is 5.54 Å². The number of rotatable bonds is 0. The summed E-state index contributed by atoms with van der Waals surface area (Å²) >= 11 is 0. The molecular weight excluding hydrogens is 134 g/mol. The van der Waals surface area contributed by atoms with Crippen molar-refractivity contribution >= 4 is 0 Å². The number of hydrogen-bond acceptors (Lipinski definition) is 1. The molecule has 1 heteroatoms. The Labute approximate surface area is 69.6 Å². The van der Waals surface area contributed by atoms with Crippen LogP contribution in [0.15, 0.2) is 0 Å². The van der Waals surface area contributed by atoms with Gasteiger partial charge < -0.3 is 5.32 Å². The summed E-state index contributed by atoms with van der Waals surface area (Å²) in [6.07, 6.45) is 5.71. The first-order valence-corrected chi connectivity index (χ1v) is 4.95. The summed E-state index contributed by atoms with van der Waals surface area (Å²) in [5, 5.41) is 3.67. The van der Waals surface area contributed by atoms with Crippen molar-refractivity contribution in [2.24, 2.45) is 11.8 Å². The van der Waals surface area contributed by atoms with E-state index in [1.54, 1.807) is 0 Å². The third-order valence-electron chi connectivity index (χ3n) is 3.70. The molecule has 0 aromatic carbocycles. The summed E-state index contributed by atoms with van der Waals surface area (Å²) < 4.78 is 0. The van der Waals surface area contributed by atoms with Crippen LogP contribution in [-0.4, -0.2) is 12.1 Å². The summed E-state index contributed by atoms with van der Waals surface area (Å²) in [7, 11) is 0. The molecule has 1 saturated carbocycles. The van der Waals surface area contributed by atoms with Crippen LogP contribution in [-0.2, 0) is 0 Å². The number of hydrogen-bond donors (Lipinski definition) is 1. The zero-order valence-corrected chi connectivity index (χ0v) is 7.69. The van der Waals surface area contributed by atoms with E-state index >= 15 is 0 Å². The lowest BCUT2D eigenvalue weighted by atomic mass is 9.89. The van der Waals surface area contributed by atoms with E-state index in [0.717, 1.165) is 11.8 Å². The van der Waals surface area contributed by atoms with Gasteiger partial charge in [0.1, 0.15) is 0 Å². The summed E-state index contributed by atoms with van der Waals surface area (Å²) in [5.41, 5.74) is 0.509. The van der Waals surface area contributed by atoms with Crippen molar-refractivity contribution in [3.63, 3.8) is 0 Å². The maximum atomic E-state index is 3.67. The topological polar surface area (TPSA) is 12.0 Å². The van der Waals surface area contributed by atoms with Crippen LogP contribution in [0.3, 0.4) is 0 Å². The van der Waals surface area contributed by atoms with Gasteiger partial charge in [0.25, 0.3) is 0 Å². The molecule has 1 heterocycles. The second-order valence-electron chi connectivity index (χ2n) is 4.78. The first-order valence-electron chi connectivity index (χ1n) is 4.95. The van der Waals surface area contributed by atoms with Crippen LogP contribution < -0.4 is 5.32 Å². The van der Waals surface area contributed by atoms with Crippen LogP contribution >= 0.6 is 0 Å². The van der Waals surface area contributed by atoms with Crippen LogP contribution in [0.1, 0.15) is 39.5 Å². The maximum Gasteiger partial charge on any atom is 0.0156 e. The van der Waals surface area contributed by atoms with Gasteiger partial charge in [0.05, 0.1) is 0 Å². The van der Waals surface area contributed by atoms with E-state index in [1.807, 2.05) is 0 Å². The maximum absolute atomic E-state index is 3.67. The highest BCUT2D eigenvalue weighted by Gasteiger charge is 2.38. The zero-order valence-electron chi connectivity index (χ0n) is 7.69. The monoisotopic (exact) mass is 153 g/mol. The third-order valence-corrected chi connectivity index (χ3v) is 3.70. The van der Waals surface area contributed by atoms with Crippen molar-refractivity contribution in [2.45, 2.75) is 45.1 Å².